The second-order valence-corrected chi connectivity index (χ2v) is 4.59. The minimum Gasteiger partial charge on any atom is -0.327 e. The van der Waals surface area contributed by atoms with Crippen LogP contribution in [0.25, 0.3) is 0 Å². The molecule has 2 N–H and O–H groups in total. The molecule has 1 aromatic heterocycles. The zero-order chi connectivity index (χ0) is 12.5. The van der Waals surface area contributed by atoms with Crippen LogP contribution in [0.5, 0.6) is 0 Å². The molecule has 0 amide bonds. The van der Waals surface area contributed by atoms with E-state index in [2.05, 4.69) is 35.9 Å². The summed E-state index contributed by atoms with van der Waals surface area (Å²) in [5.74, 6) is 0. The Hall–Kier alpha value is -0.930. The lowest BCUT2D eigenvalue weighted by atomic mass is 10.1. The van der Waals surface area contributed by atoms with Gasteiger partial charge in [-0.15, -0.1) is 0 Å². The SMILES string of the molecule is CCCCC(N)CN(CC)Cc1ccncc1. The summed E-state index contributed by atoms with van der Waals surface area (Å²) in [5.41, 5.74) is 7.45. The fourth-order valence-corrected chi connectivity index (χ4v) is 1.94. The molecule has 1 rings (SSSR count). The molecule has 0 aliphatic heterocycles. The van der Waals surface area contributed by atoms with Crippen molar-refractivity contribution in [1.29, 1.82) is 0 Å². The second kappa shape index (κ2) is 8.20. The third-order valence-electron chi connectivity index (χ3n) is 3.02. The Kier molecular flexibility index (Phi) is 6.82. The maximum Gasteiger partial charge on any atom is 0.0271 e. The van der Waals surface area contributed by atoms with Gasteiger partial charge in [0.25, 0.3) is 0 Å². The first-order valence-corrected chi connectivity index (χ1v) is 6.63. The summed E-state index contributed by atoms with van der Waals surface area (Å²) in [5, 5.41) is 0. The van der Waals surface area contributed by atoms with E-state index in [1.165, 1.54) is 18.4 Å². The molecule has 0 radical (unpaired) electrons. The van der Waals surface area contributed by atoms with E-state index < -0.39 is 0 Å². The summed E-state index contributed by atoms with van der Waals surface area (Å²) in [6.07, 6.45) is 7.28. The van der Waals surface area contributed by atoms with Crippen LogP contribution in [-0.4, -0.2) is 29.0 Å². The number of rotatable bonds is 8. The van der Waals surface area contributed by atoms with Crippen LogP contribution in [0, 0.1) is 0 Å². The van der Waals surface area contributed by atoms with E-state index in [9.17, 15) is 0 Å². The molecule has 17 heavy (non-hydrogen) atoms. The Labute approximate surface area is 105 Å². The number of pyridine rings is 1. The average molecular weight is 235 g/mol. The third kappa shape index (κ3) is 5.80. The van der Waals surface area contributed by atoms with Gasteiger partial charge in [-0.05, 0) is 30.7 Å². The van der Waals surface area contributed by atoms with Gasteiger partial charge in [-0.2, -0.15) is 0 Å². The van der Waals surface area contributed by atoms with Gasteiger partial charge in [-0.3, -0.25) is 9.88 Å². The largest absolute Gasteiger partial charge is 0.327 e. The molecule has 0 aliphatic carbocycles. The molecule has 0 aromatic carbocycles. The highest BCUT2D eigenvalue weighted by atomic mass is 15.1. The van der Waals surface area contributed by atoms with Crippen LogP contribution in [0.15, 0.2) is 24.5 Å². The Morgan fingerprint density at radius 1 is 1.29 bits per heavy atom. The van der Waals surface area contributed by atoms with Crippen molar-refractivity contribution in [3.8, 4) is 0 Å². The van der Waals surface area contributed by atoms with Crippen LogP contribution in [0.3, 0.4) is 0 Å². The standard InChI is InChI=1S/C14H25N3/c1-3-5-6-14(15)12-17(4-2)11-13-7-9-16-10-8-13/h7-10,14H,3-6,11-12,15H2,1-2H3. The van der Waals surface area contributed by atoms with E-state index in [0.717, 1.165) is 26.1 Å². The number of nitrogens with two attached hydrogens (primary N) is 1. The van der Waals surface area contributed by atoms with Gasteiger partial charge in [0.05, 0.1) is 0 Å². The van der Waals surface area contributed by atoms with Gasteiger partial charge in [0, 0.05) is 31.5 Å². The molecule has 1 unspecified atom stereocenters. The van der Waals surface area contributed by atoms with E-state index >= 15 is 0 Å². The predicted molar refractivity (Wildman–Crippen MR) is 72.7 cm³/mol. The van der Waals surface area contributed by atoms with Gasteiger partial charge >= 0.3 is 0 Å². The smallest absolute Gasteiger partial charge is 0.0271 e. The Bertz CT molecular complexity index is 287. The van der Waals surface area contributed by atoms with Gasteiger partial charge in [0.15, 0.2) is 0 Å². The number of hydrogen-bond donors (Lipinski definition) is 1. The highest BCUT2D eigenvalue weighted by Gasteiger charge is 2.09. The molecular formula is C14H25N3. The lowest BCUT2D eigenvalue weighted by molar-refractivity contribution is 0.255. The fraction of sp³-hybridized carbons (Fsp3) is 0.643. The lowest BCUT2D eigenvalue weighted by Gasteiger charge is -2.24. The number of aromatic nitrogens is 1. The van der Waals surface area contributed by atoms with Gasteiger partial charge in [-0.25, -0.2) is 0 Å². The molecule has 0 aliphatic rings. The highest BCUT2D eigenvalue weighted by molar-refractivity contribution is 5.09. The zero-order valence-electron chi connectivity index (χ0n) is 11.1. The molecule has 0 saturated heterocycles. The van der Waals surface area contributed by atoms with Gasteiger partial charge in [0.1, 0.15) is 0 Å². The van der Waals surface area contributed by atoms with Crippen LogP contribution in [-0.2, 0) is 6.54 Å². The van der Waals surface area contributed by atoms with Crippen LogP contribution in [0.4, 0.5) is 0 Å². The molecule has 96 valence electrons. The first kappa shape index (κ1) is 14.1. The molecule has 3 nitrogen and oxygen atoms in total. The molecule has 1 aromatic rings. The fourth-order valence-electron chi connectivity index (χ4n) is 1.94. The Morgan fingerprint density at radius 2 is 2.00 bits per heavy atom. The van der Waals surface area contributed by atoms with Crippen molar-refractivity contribution in [2.75, 3.05) is 13.1 Å². The van der Waals surface area contributed by atoms with Crippen molar-refractivity contribution in [2.24, 2.45) is 5.73 Å². The lowest BCUT2D eigenvalue weighted by Crippen LogP contribution is -2.37. The summed E-state index contributed by atoms with van der Waals surface area (Å²) in [7, 11) is 0. The topological polar surface area (TPSA) is 42.1 Å². The van der Waals surface area contributed by atoms with E-state index in [-0.39, 0.29) is 0 Å². The average Bonchev–Trinajstić information content (AvgIpc) is 2.36. The molecule has 1 atom stereocenters. The summed E-state index contributed by atoms with van der Waals surface area (Å²) in [6.45, 7) is 7.40. The van der Waals surface area contributed by atoms with E-state index in [0.29, 0.717) is 6.04 Å². The Balaban J connectivity index is 2.38. The normalized spacial score (nSPS) is 12.9. The predicted octanol–water partition coefficient (Wildman–Crippen LogP) is 2.42. The van der Waals surface area contributed by atoms with Crippen molar-refractivity contribution in [1.82, 2.24) is 9.88 Å². The molecule has 0 saturated carbocycles. The molecular weight excluding hydrogens is 210 g/mol. The van der Waals surface area contributed by atoms with E-state index in [1.54, 1.807) is 0 Å². The highest BCUT2D eigenvalue weighted by Crippen LogP contribution is 2.06. The summed E-state index contributed by atoms with van der Waals surface area (Å²) in [6, 6.07) is 4.44. The maximum absolute atomic E-state index is 6.14. The Morgan fingerprint density at radius 3 is 2.59 bits per heavy atom. The molecule has 0 bridgehead atoms. The molecule has 3 heteroatoms. The van der Waals surface area contributed by atoms with Crippen molar-refractivity contribution in [2.45, 2.75) is 45.7 Å². The molecule has 0 fully saturated rings. The molecule has 1 heterocycles. The number of nitrogens with zero attached hydrogens (tertiary/aromatic N) is 2. The minimum atomic E-state index is 0.303. The van der Waals surface area contributed by atoms with E-state index in [1.807, 2.05) is 12.4 Å². The number of unbranched alkanes of at least 4 members (excludes halogenated alkanes) is 1. The third-order valence-corrected chi connectivity index (χ3v) is 3.02. The van der Waals surface area contributed by atoms with Crippen molar-refractivity contribution in [3.63, 3.8) is 0 Å². The van der Waals surface area contributed by atoms with Crippen LogP contribution in [0.1, 0.15) is 38.7 Å². The number of likely N-dealkylation sites (N-methyl/N-ethyl adjacent to an activating group) is 1. The first-order valence-electron chi connectivity index (χ1n) is 6.63. The zero-order valence-corrected chi connectivity index (χ0v) is 11.1. The van der Waals surface area contributed by atoms with Crippen LogP contribution >= 0.6 is 0 Å². The summed E-state index contributed by atoms with van der Waals surface area (Å²) >= 11 is 0. The van der Waals surface area contributed by atoms with Crippen molar-refractivity contribution >= 4 is 0 Å². The molecule has 0 spiro atoms. The minimum absolute atomic E-state index is 0.303. The first-order chi connectivity index (χ1) is 8.26. The van der Waals surface area contributed by atoms with Crippen LogP contribution < -0.4 is 5.73 Å². The summed E-state index contributed by atoms with van der Waals surface area (Å²) in [4.78, 5) is 6.44. The van der Waals surface area contributed by atoms with Gasteiger partial charge in [0.2, 0.25) is 0 Å². The number of hydrogen-bond acceptors (Lipinski definition) is 3. The van der Waals surface area contributed by atoms with Crippen LogP contribution in [0.2, 0.25) is 0 Å². The van der Waals surface area contributed by atoms with Crippen molar-refractivity contribution in [3.05, 3.63) is 30.1 Å². The van der Waals surface area contributed by atoms with Crippen molar-refractivity contribution < 1.29 is 0 Å². The maximum atomic E-state index is 6.14. The summed E-state index contributed by atoms with van der Waals surface area (Å²) < 4.78 is 0. The monoisotopic (exact) mass is 235 g/mol. The second-order valence-electron chi connectivity index (χ2n) is 4.59. The van der Waals surface area contributed by atoms with Gasteiger partial charge < -0.3 is 5.73 Å². The van der Waals surface area contributed by atoms with Gasteiger partial charge in [-0.1, -0.05) is 26.7 Å². The quantitative estimate of drug-likeness (QED) is 0.752. The van der Waals surface area contributed by atoms with E-state index in [4.69, 9.17) is 5.73 Å².